The minimum absolute atomic E-state index is 0.148. The van der Waals surface area contributed by atoms with Gasteiger partial charge in [0.05, 0.1) is 11.3 Å². The number of esters is 1. The number of aryl methyl sites for hydroxylation is 1. The van der Waals surface area contributed by atoms with Gasteiger partial charge in [-0.05, 0) is 42.2 Å². The molecule has 0 unspecified atom stereocenters. The number of rotatable bonds is 5. The average Bonchev–Trinajstić information content (AvgIpc) is 2.46. The number of halogens is 1. The van der Waals surface area contributed by atoms with E-state index in [4.69, 9.17) is 16.3 Å². The van der Waals surface area contributed by atoms with Crippen LogP contribution in [0.2, 0.25) is 5.02 Å². The SMILES string of the molecule is Cc1ccc(C(C)C)c(OC(=O)Cc2cc(Cl)ccc2[N+](=O)[O-])c1. The molecule has 0 aromatic heterocycles. The minimum atomic E-state index is -0.562. The Labute approximate surface area is 145 Å². The first-order chi connectivity index (χ1) is 11.3. The van der Waals surface area contributed by atoms with E-state index in [2.05, 4.69) is 0 Å². The molecule has 0 bridgehead atoms. The number of nitro groups is 1. The zero-order valence-electron chi connectivity index (χ0n) is 13.7. The summed E-state index contributed by atoms with van der Waals surface area (Å²) in [7, 11) is 0. The maximum Gasteiger partial charge on any atom is 0.315 e. The van der Waals surface area contributed by atoms with Crippen LogP contribution in [0, 0.1) is 17.0 Å². The number of nitrogens with zero attached hydrogens (tertiary/aromatic N) is 1. The number of benzene rings is 2. The molecule has 0 aliphatic heterocycles. The average molecular weight is 348 g/mol. The summed E-state index contributed by atoms with van der Waals surface area (Å²) in [6, 6.07) is 9.79. The third-order valence-electron chi connectivity index (χ3n) is 3.59. The van der Waals surface area contributed by atoms with Gasteiger partial charge in [0.2, 0.25) is 0 Å². The summed E-state index contributed by atoms with van der Waals surface area (Å²) < 4.78 is 5.46. The molecule has 2 aromatic rings. The Hall–Kier alpha value is -2.40. The first-order valence-corrected chi connectivity index (χ1v) is 7.89. The molecule has 24 heavy (non-hydrogen) atoms. The number of nitro benzene ring substituents is 1. The van der Waals surface area contributed by atoms with Gasteiger partial charge >= 0.3 is 5.97 Å². The predicted octanol–water partition coefficient (Wildman–Crippen LogP) is 4.83. The zero-order valence-corrected chi connectivity index (χ0v) is 14.5. The van der Waals surface area contributed by atoms with Gasteiger partial charge in [0.25, 0.3) is 5.69 Å². The monoisotopic (exact) mass is 347 g/mol. The highest BCUT2D eigenvalue weighted by Gasteiger charge is 2.19. The topological polar surface area (TPSA) is 69.4 Å². The Morgan fingerprint density at radius 2 is 1.96 bits per heavy atom. The zero-order chi connectivity index (χ0) is 17.9. The second-order valence-electron chi connectivity index (χ2n) is 5.88. The molecule has 0 saturated heterocycles. The van der Waals surface area contributed by atoms with E-state index in [-0.39, 0.29) is 23.6 Å². The van der Waals surface area contributed by atoms with Crippen LogP contribution in [0.5, 0.6) is 5.75 Å². The van der Waals surface area contributed by atoms with Crippen molar-refractivity contribution in [3.8, 4) is 5.75 Å². The largest absolute Gasteiger partial charge is 0.426 e. The Morgan fingerprint density at radius 1 is 1.25 bits per heavy atom. The fraction of sp³-hybridized carbons (Fsp3) is 0.278. The molecule has 0 fully saturated rings. The van der Waals surface area contributed by atoms with Gasteiger partial charge in [-0.3, -0.25) is 14.9 Å². The van der Waals surface area contributed by atoms with Crippen molar-refractivity contribution in [3.63, 3.8) is 0 Å². The van der Waals surface area contributed by atoms with Crippen LogP contribution in [0.25, 0.3) is 0 Å². The van der Waals surface area contributed by atoms with Crippen molar-refractivity contribution in [2.24, 2.45) is 0 Å². The molecule has 2 rings (SSSR count). The molecule has 0 atom stereocenters. The third kappa shape index (κ3) is 4.32. The van der Waals surface area contributed by atoms with Crippen molar-refractivity contribution >= 4 is 23.3 Å². The molecule has 0 radical (unpaired) electrons. The molecule has 0 heterocycles. The fourth-order valence-corrected chi connectivity index (χ4v) is 2.59. The maximum absolute atomic E-state index is 12.3. The first kappa shape index (κ1) is 17.9. The van der Waals surface area contributed by atoms with E-state index >= 15 is 0 Å². The number of ether oxygens (including phenoxy) is 1. The summed E-state index contributed by atoms with van der Waals surface area (Å²) in [6.45, 7) is 5.91. The Kier molecular flexibility index (Phi) is 5.57. The standard InChI is InChI=1S/C18H18ClNO4/c1-11(2)15-6-4-12(3)8-17(15)24-18(21)10-13-9-14(19)5-7-16(13)20(22)23/h4-9,11H,10H2,1-3H3. The van der Waals surface area contributed by atoms with Crippen LogP contribution in [-0.4, -0.2) is 10.9 Å². The van der Waals surface area contributed by atoms with Gasteiger partial charge in [0.1, 0.15) is 5.75 Å². The summed E-state index contributed by atoms with van der Waals surface area (Å²) in [6.07, 6.45) is -0.220. The predicted molar refractivity (Wildman–Crippen MR) is 92.7 cm³/mol. The number of carbonyl (C=O) groups excluding carboxylic acids is 1. The lowest BCUT2D eigenvalue weighted by Crippen LogP contribution is -2.14. The van der Waals surface area contributed by atoms with Crippen LogP contribution >= 0.6 is 11.6 Å². The van der Waals surface area contributed by atoms with Crippen molar-refractivity contribution < 1.29 is 14.5 Å². The van der Waals surface area contributed by atoms with E-state index < -0.39 is 10.9 Å². The van der Waals surface area contributed by atoms with E-state index in [1.165, 1.54) is 18.2 Å². The van der Waals surface area contributed by atoms with E-state index in [1.807, 2.05) is 32.9 Å². The molecular formula is C18H18ClNO4. The number of hydrogen-bond donors (Lipinski definition) is 0. The molecule has 0 aliphatic rings. The lowest BCUT2D eigenvalue weighted by molar-refractivity contribution is -0.385. The highest BCUT2D eigenvalue weighted by Crippen LogP contribution is 2.29. The Balaban J connectivity index is 2.25. The molecule has 126 valence electrons. The highest BCUT2D eigenvalue weighted by atomic mass is 35.5. The number of carbonyl (C=O) groups is 1. The molecule has 0 spiro atoms. The van der Waals surface area contributed by atoms with Crippen molar-refractivity contribution in [2.75, 3.05) is 0 Å². The molecule has 6 heteroatoms. The molecule has 0 saturated carbocycles. The van der Waals surface area contributed by atoms with Crippen molar-refractivity contribution in [2.45, 2.75) is 33.1 Å². The second-order valence-corrected chi connectivity index (χ2v) is 6.31. The quantitative estimate of drug-likeness (QED) is 0.336. The molecule has 5 nitrogen and oxygen atoms in total. The Morgan fingerprint density at radius 3 is 2.58 bits per heavy atom. The van der Waals surface area contributed by atoms with Crippen LogP contribution in [0.4, 0.5) is 5.69 Å². The fourth-order valence-electron chi connectivity index (χ4n) is 2.39. The normalized spacial score (nSPS) is 10.7. The Bertz CT molecular complexity index is 787. The summed E-state index contributed by atoms with van der Waals surface area (Å²) in [4.78, 5) is 22.8. The molecular weight excluding hydrogens is 330 g/mol. The van der Waals surface area contributed by atoms with Crippen molar-refractivity contribution in [3.05, 3.63) is 68.2 Å². The highest BCUT2D eigenvalue weighted by molar-refractivity contribution is 6.30. The first-order valence-electron chi connectivity index (χ1n) is 7.52. The van der Waals surface area contributed by atoms with Crippen LogP contribution < -0.4 is 4.74 Å². The van der Waals surface area contributed by atoms with Crippen LogP contribution in [0.15, 0.2) is 36.4 Å². The molecule has 2 aromatic carbocycles. The van der Waals surface area contributed by atoms with Gasteiger partial charge in [0, 0.05) is 16.7 Å². The van der Waals surface area contributed by atoms with Gasteiger partial charge in [-0.25, -0.2) is 0 Å². The van der Waals surface area contributed by atoms with Crippen molar-refractivity contribution in [1.29, 1.82) is 0 Å². The van der Waals surface area contributed by atoms with E-state index in [0.717, 1.165) is 11.1 Å². The molecule has 0 aliphatic carbocycles. The maximum atomic E-state index is 12.3. The van der Waals surface area contributed by atoms with Crippen LogP contribution in [0.1, 0.15) is 36.5 Å². The smallest absolute Gasteiger partial charge is 0.315 e. The third-order valence-corrected chi connectivity index (χ3v) is 3.82. The lowest BCUT2D eigenvalue weighted by Gasteiger charge is -2.13. The minimum Gasteiger partial charge on any atom is -0.426 e. The molecule has 0 amide bonds. The second kappa shape index (κ2) is 7.45. The van der Waals surface area contributed by atoms with E-state index in [0.29, 0.717) is 10.8 Å². The van der Waals surface area contributed by atoms with Crippen LogP contribution in [0.3, 0.4) is 0 Å². The lowest BCUT2D eigenvalue weighted by atomic mass is 10.0. The van der Waals surface area contributed by atoms with E-state index in [1.54, 1.807) is 6.07 Å². The van der Waals surface area contributed by atoms with Gasteiger partial charge in [-0.2, -0.15) is 0 Å². The summed E-state index contributed by atoms with van der Waals surface area (Å²) >= 11 is 5.88. The number of hydrogen-bond acceptors (Lipinski definition) is 4. The van der Waals surface area contributed by atoms with Crippen LogP contribution in [-0.2, 0) is 11.2 Å². The summed E-state index contributed by atoms with van der Waals surface area (Å²) in [5.74, 6) is 0.112. The summed E-state index contributed by atoms with van der Waals surface area (Å²) in [5.41, 5.74) is 1.96. The van der Waals surface area contributed by atoms with Crippen molar-refractivity contribution in [1.82, 2.24) is 0 Å². The van der Waals surface area contributed by atoms with Gasteiger partial charge in [0.15, 0.2) is 0 Å². The summed E-state index contributed by atoms with van der Waals surface area (Å²) in [5, 5.41) is 11.4. The van der Waals surface area contributed by atoms with E-state index in [9.17, 15) is 14.9 Å². The van der Waals surface area contributed by atoms with Gasteiger partial charge < -0.3 is 4.74 Å². The molecule has 0 N–H and O–H groups in total. The van der Waals surface area contributed by atoms with Gasteiger partial charge in [-0.1, -0.05) is 37.6 Å². The van der Waals surface area contributed by atoms with Gasteiger partial charge in [-0.15, -0.1) is 0 Å².